The van der Waals surface area contributed by atoms with Gasteiger partial charge in [0.15, 0.2) is 0 Å². The first-order valence-electron chi connectivity index (χ1n) is 2.93. The molecule has 0 saturated carbocycles. The van der Waals surface area contributed by atoms with E-state index in [9.17, 15) is 0 Å². The fraction of sp³-hybridized carbons (Fsp3) is 0.571. The minimum absolute atomic E-state index is 0.639. The fourth-order valence-electron chi connectivity index (χ4n) is 0.344. The van der Waals surface area contributed by atoms with Gasteiger partial charge in [-0.1, -0.05) is 26.3 Å². The van der Waals surface area contributed by atoms with Crippen LogP contribution in [0.4, 0.5) is 0 Å². The Kier molecular flexibility index (Phi) is 4.23. The van der Waals surface area contributed by atoms with Crippen molar-refractivity contribution in [3.05, 3.63) is 12.3 Å². The first-order chi connectivity index (χ1) is 3.81. The fourth-order valence-corrected chi connectivity index (χ4v) is 0.344. The van der Waals surface area contributed by atoms with Gasteiger partial charge in [-0.15, -0.1) is 0 Å². The highest BCUT2D eigenvalue weighted by molar-refractivity contribution is 5.25. The molecule has 0 heterocycles. The zero-order chi connectivity index (χ0) is 6.41. The molecule has 0 aliphatic carbocycles. The van der Waals surface area contributed by atoms with E-state index in [1.807, 2.05) is 6.08 Å². The minimum Gasteiger partial charge on any atom is -0.273 e. The molecule has 1 unspecified atom stereocenters. The van der Waals surface area contributed by atoms with Crippen molar-refractivity contribution in [1.29, 1.82) is 0 Å². The zero-order valence-electron chi connectivity index (χ0n) is 5.59. The number of nitrogens with zero attached hydrogens (tertiary/aromatic N) is 1. The summed E-state index contributed by atoms with van der Waals surface area (Å²) >= 11 is 0. The highest BCUT2D eigenvalue weighted by atomic mass is 14.6. The van der Waals surface area contributed by atoms with Crippen LogP contribution < -0.4 is 0 Å². The standard InChI is InChI=1S/C7H13N/c1-4-7(2)5-6-8-3/h5-7H,3-4H2,1-2H3. The van der Waals surface area contributed by atoms with Crippen LogP contribution in [0.3, 0.4) is 0 Å². The summed E-state index contributed by atoms with van der Waals surface area (Å²) in [5, 5.41) is 0. The highest BCUT2D eigenvalue weighted by Gasteiger charge is 1.87. The monoisotopic (exact) mass is 111 g/mol. The normalized spacial score (nSPS) is 14.2. The summed E-state index contributed by atoms with van der Waals surface area (Å²) in [7, 11) is 0. The van der Waals surface area contributed by atoms with E-state index < -0.39 is 0 Å². The molecule has 0 saturated heterocycles. The van der Waals surface area contributed by atoms with Gasteiger partial charge in [0.2, 0.25) is 0 Å². The third-order valence-corrected chi connectivity index (χ3v) is 1.16. The molecule has 1 atom stereocenters. The van der Waals surface area contributed by atoms with Crippen LogP contribution in [-0.4, -0.2) is 6.72 Å². The van der Waals surface area contributed by atoms with Crippen LogP contribution in [0, 0.1) is 5.92 Å². The second-order valence-corrected chi connectivity index (χ2v) is 1.91. The lowest BCUT2D eigenvalue weighted by atomic mass is 10.1. The molecule has 0 aromatic heterocycles. The third-order valence-electron chi connectivity index (χ3n) is 1.16. The quantitative estimate of drug-likeness (QED) is 0.495. The molecule has 0 fully saturated rings. The van der Waals surface area contributed by atoms with Crippen LogP contribution in [0.5, 0.6) is 0 Å². The lowest BCUT2D eigenvalue weighted by Crippen LogP contribution is -1.82. The summed E-state index contributed by atoms with van der Waals surface area (Å²) in [6, 6.07) is 0. The summed E-state index contributed by atoms with van der Waals surface area (Å²) in [6.07, 6.45) is 4.97. The van der Waals surface area contributed by atoms with E-state index in [1.54, 1.807) is 6.20 Å². The molecule has 0 spiro atoms. The van der Waals surface area contributed by atoms with Gasteiger partial charge in [-0.3, -0.25) is 4.99 Å². The molecule has 1 nitrogen and oxygen atoms in total. The van der Waals surface area contributed by atoms with Gasteiger partial charge in [-0.25, -0.2) is 0 Å². The molecule has 0 bridgehead atoms. The van der Waals surface area contributed by atoms with Gasteiger partial charge >= 0.3 is 0 Å². The summed E-state index contributed by atoms with van der Waals surface area (Å²) in [5.41, 5.74) is 0. The van der Waals surface area contributed by atoms with Crippen LogP contribution in [0.2, 0.25) is 0 Å². The summed E-state index contributed by atoms with van der Waals surface area (Å²) in [6.45, 7) is 7.64. The van der Waals surface area contributed by atoms with Gasteiger partial charge < -0.3 is 0 Å². The molecule has 0 N–H and O–H groups in total. The molecule has 0 aliphatic rings. The van der Waals surface area contributed by atoms with E-state index in [2.05, 4.69) is 25.6 Å². The summed E-state index contributed by atoms with van der Waals surface area (Å²) in [4.78, 5) is 3.59. The van der Waals surface area contributed by atoms with Gasteiger partial charge in [0.05, 0.1) is 0 Å². The Hall–Kier alpha value is -0.590. The van der Waals surface area contributed by atoms with E-state index in [-0.39, 0.29) is 0 Å². The smallest absolute Gasteiger partial charge is 0.0223 e. The predicted molar refractivity (Wildman–Crippen MR) is 38.1 cm³/mol. The van der Waals surface area contributed by atoms with Gasteiger partial charge in [0, 0.05) is 6.20 Å². The van der Waals surface area contributed by atoms with Gasteiger partial charge in [-0.2, -0.15) is 0 Å². The maximum absolute atomic E-state index is 3.59. The van der Waals surface area contributed by atoms with Crippen LogP contribution in [-0.2, 0) is 0 Å². The second-order valence-electron chi connectivity index (χ2n) is 1.91. The maximum atomic E-state index is 3.59. The lowest BCUT2D eigenvalue weighted by molar-refractivity contribution is 0.697. The van der Waals surface area contributed by atoms with Crippen LogP contribution in [0.1, 0.15) is 20.3 Å². The molecule has 1 heteroatoms. The van der Waals surface area contributed by atoms with E-state index in [0.717, 1.165) is 0 Å². The van der Waals surface area contributed by atoms with Crippen molar-refractivity contribution in [2.24, 2.45) is 10.9 Å². The van der Waals surface area contributed by atoms with Crippen molar-refractivity contribution >= 4 is 6.72 Å². The molecule has 0 amide bonds. The lowest BCUT2D eigenvalue weighted by Gasteiger charge is -1.95. The number of rotatable bonds is 3. The van der Waals surface area contributed by atoms with Crippen molar-refractivity contribution in [3.63, 3.8) is 0 Å². The van der Waals surface area contributed by atoms with E-state index in [4.69, 9.17) is 0 Å². The molecule has 46 valence electrons. The van der Waals surface area contributed by atoms with Crippen molar-refractivity contribution < 1.29 is 0 Å². The molecular weight excluding hydrogens is 98.1 g/mol. The molecule has 8 heavy (non-hydrogen) atoms. The Morgan fingerprint density at radius 1 is 1.75 bits per heavy atom. The molecule has 0 aromatic carbocycles. The van der Waals surface area contributed by atoms with Crippen molar-refractivity contribution in [2.45, 2.75) is 20.3 Å². The second kappa shape index (κ2) is 4.57. The minimum atomic E-state index is 0.639. The number of hydrogen-bond donors (Lipinski definition) is 0. The molecular formula is C7H13N. The Morgan fingerprint density at radius 2 is 2.38 bits per heavy atom. The summed E-state index contributed by atoms with van der Waals surface area (Å²) in [5.74, 6) is 0.639. The Morgan fingerprint density at radius 3 is 2.75 bits per heavy atom. The summed E-state index contributed by atoms with van der Waals surface area (Å²) < 4.78 is 0. The largest absolute Gasteiger partial charge is 0.273 e. The first-order valence-corrected chi connectivity index (χ1v) is 2.93. The van der Waals surface area contributed by atoms with Gasteiger partial charge in [0.1, 0.15) is 0 Å². The number of hydrogen-bond acceptors (Lipinski definition) is 1. The third kappa shape index (κ3) is 3.59. The average Bonchev–Trinajstić information content (AvgIpc) is 1.83. The topological polar surface area (TPSA) is 12.4 Å². The Balaban J connectivity index is 3.35. The molecule has 0 aliphatic heterocycles. The van der Waals surface area contributed by atoms with Crippen LogP contribution in [0.25, 0.3) is 0 Å². The maximum Gasteiger partial charge on any atom is 0.0223 e. The number of aliphatic imine (C=N–C) groups is 1. The van der Waals surface area contributed by atoms with Gasteiger partial charge in [-0.05, 0) is 12.6 Å². The van der Waals surface area contributed by atoms with E-state index in [1.165, 1.54) is 6.42 Å². The van der Waals surface area contributed by atoms with E-state index in [0.29, 0.717) is 5.92 Å². The zero-order valence-corrected chi connectivity index (χ0v) is 5.59. The molecule has 0 aromatic rings. The SMILES string of the molecule is C=NC=CC(C)CC. The first kappa shape index (κ1) is 7.41. The predicted octanol–water partition coefficient (Wildman–Crippen LogP) is 2.25. The van der Waals surface area contributed by atoms with Crippen molar-refractivity contribution in [2.75, 3.05) is 0 Å². The Labute approximate surface area is 51.1 Å². The van der Waals surface area contributed by atoms with Crippen LogP contribution in [0.15, 0.2) is 17.3 Å². The average molecular weight is 111 g/mol. The van der Waals surface area contributed by atoms with E-state index >= 15 is 0 Å². The van der Waals surface area contributed by atoms with Crippen molar-refractivity contribution in [1.82, 2.24) is 0 Å². The number of allylic oxidation sites excluding steroid dienone is 1. The Bertz CT molecular complexity index is 84.4. The van der Waals surface area contributed by atoms with Gasteiger partial charge in [0.25, 0.3) is 0 Å². The van der Waals surface area contributed by atoms with Crippen molar-refractivity contribution in [3.8, 4) is 0 Å². The molecule has 0 rings (SSSR count). The van der Waals surface area contributed by atoms with Crippen LogP contribution >= 0.6 is 0 Å². The molecule has 0 radical (unpaired) electrons. The highest BCUT2D eigenvalue weighted by Crippen LogP contribution is 2.00.